The summed E-state index contributed by atoms with van der Waals surface area (Å²) >= 11 is 5.80. The van der Waals surface area contributed by atoms with Gasteiger partial charge in [0.1, 0.15) is 5.15 Å². The Labute approximate surface area is 99.6 Å². The molecular weight excluding hydrogens is 228 g/mol. The molecule has 0 unspecified atom stereocenters. The standard InChI is InChI=1S/C11H15ClN2O2/c1-11(2,5-7-15)14-10(16)8-4-3-6-13-9(8)12/h3-4,6,15H,5,7H2,1-2H3,(H,14,16). The molecular formula is C11H15ClN2O2. The normalized spacial score (nSPS) is 11.2. The quantitative estimate of drug-likeness (QED) is 0.789. The highest BCUT2D eigenvalue weighted by Gasteiger charge is 2.21. The van der Waals surface area contributed by atoms with Crippen molar-refractivity contribution in [1.29, 1.82) is 0 Å². The molecule has 4 nitrogen and oxygen atoms in total. The Morgan fingerprint density at radius 1 is 1.62 bits per heavy atom. The van der Waals surface area contributed by atoms with Crippen LogP contribution in [0.15, 0.2) is 18.3 Å². The number of pyridine rings is 1. The molecule has 5 heteroatoms. The number of hydrogen-bond acceptors (Lipinski definition) is 3. The molecule has 1 aromatic rings. The first-order valence-electron chi connectivity index (χ1n) is 5.00. The van der Waals surface area contributed by atoms with Gasteiger partial charge in [-0.15, -0.1) is 0 Å². The molecule has 1 rings (SSSR count). The van der Waals surface area contributed by atoms with Gasteiger partial charge in [-0.3, -0.25) is 4.79 Å². The summed E-state index contributed by atoms with van der Waals surface area (Å²) in [5, 5.41) is 11.8. The van der Waals surface area contributed by atoms with Gasteiger partial charge >= 0.3 is 0 Å². The summed E-state index contributed by atoms with van der Waals surface area (Å²) < 4.78 is 0. The number of aromatic nitrogens is 1. The third-order valence-electron chi connectivity index (χ3n) is 2.19. The summed E-state index contributed by atoms with van der Waals surface area (Å²) in [5.41, 5.74) is -0.124. The summed E-state index contributed by atoms with van der Waals surface area (Å²) in [7, 11) is 0. The third-order valence-corrected chi connectivity index (χ3v) is 2.49. The number of rotatable bonds is 4. The maximum atomic E-state index is 11.8. The number of carbonyl (C=O) groups excluding carboxylic acids is 1. The Hall–Kier alpha value is -1.13. The van der Waals surface area contributed by atoms with Crippen molar-refractivity contribution in [3.8, 4) is 0 Å². The molecule has 1 heterocycles. The van der Waals surface area contributed by atoms with Crippen molar-refractivity contribution in [2.45, 2.75) is 25.8 Å². The zero-order valence-corrected chi connectivity index (χ0v) is 10.1. The average Bonchev–Trinajstić information content (AvgIpc) is 2.17. The first kappa shape index (κ1) is 12.9. The van der Waals surface area contributed by atoms with Crippen LogP contribution in [0.2, 0.25) is 5.15 Å². The fourth-order valence-electron chi connectivity index (χ4n) is 1.27. The highest BCUT2D eigenvalue weighted by atomic mass is 35.5. The van der Waals surface area contributed by atoms with Crippen LogP contribution in [0.4, 0.5) is 0 Å². The topological polar surface area (TPSA) is 62.2 Å². The molecule has 88 valence electrons. The molecule has 1 amide bonds. The van der Waals surface area contributed by atoms with E-state index in [1.54, 1.807) is 12.1 Å². The molecule has 1 aromatic heterocycles. The number of halogens is 1. The first-order chi connectivity index (χ1) is 7.46. The third kappa shape index (κ3) is 3.47. The molecule has 0 radical (unpaired) electrons. The van der Waals surface area contributed by atoms with Crippen molar-refractivity contribution in [3.05, 3.63) is 29.0 Å². The monoisotopic (exact) mass is 242 g/mol. The van der Waals surface area contributed by atoms with Crippen molar-refractivity contribution in [1.82, 2.24) is 10.3 Å². The molecule has 0 aliphatic carbocycles. The molecule has 0 atom stereocenters. The minimum atomic E-state index is -0.467. The molecule has 16 heavy (non-hydrogen) atoms. The van der Waals surface area contributed by atoms with Crippen LogP contribution in [-0.2, 0) is 0 Å². The maximum absolute atomic E-state index is 11.8. The summed E-state index contributed by atoms with van der Waals surface area (Å²) in [6.07, 6.45) is 2.01. The number of amides is 1. The molecule has 0 spiro atoms. The second-order valence-electron chi connectivity index (χ2n) is 4.15. The molecule has 0 aliphatic rings. The van der Waals surface area contributed by atoms with Crippen LogP contribution in [0.25, 0.3) is 0 Å². The van der Waals surface area contributed by atoms with Gasteiger partial charge < -0.3 is 10.4 Å². The van der Waals surface area contributed by atoms with E-state index in [-0.39, 0.29) is 17.7 Å². The number of carbonyl (C=O) groups is 1. The Bertz CT molecular complexity index is 380. The van der Waals surface area contributed by atoms with Crippen LogP contribution < -0.4 is 5.32 Å². The van der Waals surface area contributed by atoms with Crippen LogP contribution in [0.3, 0.4) is 0 Å². The lowest BCUT2D eigenvalue weighted by Crippen LogP contribution is -2.44. The lowest BCUT2D eigenvalue weighted by atomic mass is 10.0. The van der Waals surface area contributed by atoms with Gasteiger partial charge in [-0.2, -0.15) is 0 Å². The lowest BCUT2D eigenvalue weighted by Gasteiger charge is -2.25. The molecule has 2 N–H and O–H groups in total. The summed E-state index contributed by atoms with van der Waals surface area (Å²) in [6.45, 7) is 3.70. The van der Waals surface area contributed by atoms with E-state index in [2.05, 4.69) is 10.3 Å². The zero-order valence-electron chi connectivity index (χ0n) is 9.33. The highest BCUT2D eigenvalue weighted by Crippen LogP contribution is 2.14. The van der Waals surface area contributed by atoms with E-state index < -0.39 is 5.54 Å². The van der Waals surface area contributed by atoms with Crippen molar-refractivity contribution in [3.63, 3.8) is 0 Å². The SMILES string of the molecule is CC(C)(CCO)NC(=O)c1cccnc1Cl. The van der Waals surface area contributed by atoms with Gasteiger partial charge in [-0.25, -0.2) is 4.98 Å². The Morgan fingerprint density at radius 3 is 2.88 bits per heavy atom. The van der Waals surface area contributed by atoms with Gasteiger partial charge in [0.25, 0.3) is 5.91 Å². The molecule has 0 saturated carbocycles. The molecule has 0 aliphatic heterocycles. The molecule has 0 saturated heterocycles. The minimum Gasteiger partial charge on any atom is -0.396 e. The number of nitrogens with one attached hydrogen (secondary N) is 1. The Balaban J connectivity index is 2.77. The highest BCUT2D eigenvalue weighted by molar-refractivity contribution is 6.32. The summed E-state index contributed by atoms with van der Waals surface area (Å²) in [5.74, 6) is -0.281. The van der Waals surface area contributed by atoms with Crippen LogP contribution in [0.5, 0.6) is 0 Å². The van der Waals surface area contributed by atoms with E-state index in [0.29, 0.717) is 12.0 Å². The number of hydrogen-bond donors (Lipinski definition) is 2. The maximum Gasteiger partial charge on any atom is 0.254 e. The molecule has 0 fully saturated rings. The van der Waals surface area contributed by atoms with Crippen LogP contribution in [0, 0.1) is 0 Å². The molecule has 0 bridgehead atoms. The van der Waals surface area contributed by atoms with E-state index in [1.165, 1.54) is 6.20 Å². The van der Waals surface area contributed by atoms with Gasteiger partial charge in [-0.05, 0) is 32.4 Å². The molecule has 0 aromatic carbocycles. The van der Waals surface area contributed by atoms with E-state index in [1.807, 2.05) is 13.8 Å². The Kier molecular flexibility index (Phi) is 4.26. The van der Waals surface area contributed by atoms with Gasteiger partial charge in [0, 0.05) is 18.3 Å². The van der Waals surface area contributed by atoms with Gasteiger partial charge in [0.2, 0.25) is 0 Å². The van der Waals surface area contributed by atoms with Crippen molar-refractivity contribution in [2.24, 2.45) is 0 Å². The van der Waals surface area contributed by atoms with E-state index in [0.717, 1.165) is 0 Å². The van der Waals surface area contributed by atoms with Crippen molar-refractivity contribution >= 4 is 17.5 Å². The summed E-state index contributed by atoms with van der Waals surface area (Å²) in [4.78, 5) is 15.7. The largest absolute Gasteiger partial charge is 0.396 e. The van der Waals surface area contributed by atoms with Gasteiger partial charge in [0.05, 0.1) is 5.56 Å². The van der Waals surface area contributed by atoms with Crippen LogP contribution in [-0.4, -0.2) is 28.1 Å². The fraction of sp³-hybridized carbons (Fsp3) is 0.455. The zero-order chi connectivity index (χ0) is 12.2. The number of aliphatic hydroxyl groups excluding tert-OH is 1. The Morgan fingerprint density at radius 2 is 2.31 bits per heavy atom. The van der Waals surface area contributed by atoms with E-state index in [4.69, 9.17) is 16.7 Å². The van der Waals surface area contributed by atoms with Crippen LogP contribution in [0.1, 0.15) is 30.6 Å². The van der Waals surface area contributed by atoms with E-state index in [9.17, 15) is 4.79 Å². The van der Waals surface area contributed by atoms with Gasteiger partial charge in [0.15, 0.2) is 0 Å². The van der Waals surface area contributed by atoms with Gasteiger partial charge in [-0.1, -0.05) is 11.6 Å². The first-order valence-corrected chi connectivity index (χ1v) is 5.38. The average molecular weight is 243 g/mol. The predicted molar refractivity (Wildman–Crippen MR) is 62.5 cm³/mol. The smallest absolute Gasteiger partial charge is 0.254 e. The van der Waals surface area contributed by atoms with E-state index >= 15 is 0 Å². The second-order valence-corrected chi connectivity index (χ2v) is 4.51. The predicted octanol–water partition coefficient (Wildman–Crippen LogP) is 1.63. The fourth-order valence-corrected chi connectivity index (χ4v) is 1.48. The number of aliphatic hydroxyl groups is 1. The van der Waals surface area contributed by atoms with Crippen LogP contribution >= 0.6 is 11.6 Å². The minimum absolute atomic E-state index is 0.0219. The summed E-state index contributed by atoms with van der Waals surface area (Å²) in [6, 6.07) is 3.26. The van der Waals surface area contributed by atoms with Crippen molar-refractivity contribution < 1.29 is 9.90 Å². The number of nitrogens with zero attached hydrogens (tertiary/aromatic N) is 1. The lowest BCUT2D eigenvalue weighted by molar-refractivity contribution is 0.0899. The second kappa shape index (κ2) is 5.27. The van der Waals surface area contributed by atoms with Crippen molar-refractivity contribution in [2.75, 3.05) is 6.61 Å².